The summed E-state index contributed by atoms with van der Waals surface area (Å²) in [7, 11) is -0.531. The number of aromatic nitrogens is 3. The standard InChI is InChI=1S/C11H15ClIN3OSi/c1-18(2)4-3-17-7-16-5-8(13)9-10(12)14-6-15-11(9)16/h5-6,18H,3-4,7H2,1-2H3. The Balaban J connectivity index is 2.12. The molecule has 0 unspecified atom stereocenters. The van der Waals surface area contributed by atoms with E-state index < -0.39 is 8.80 Å². The molecule has 2 heterocycles. The van der Waals surface area contributed by atoms with Crippen LogP contribution in [0.4, 0.5) is 0 Å². The van der Waals surface area contributed by atoms with E-state index in [1.54, 1.807) is 0 Å². The first kappa shape index (κ1) is 14.2. The van der Waals surface area contributed by atoms with Gasteiger partial charge in [0.25, 0.3) is 0 Å². The first-order valence-corrected chi connectivity index (χ1v) is 10.4. The van der Waals surface area contributed by atoms with Crippen LogP contribution in [0.2, 0.25) is 24.3 Å². The van der Waals surface area contributed by atoms with Crippen LogP contribution in [0.1, 0.15) is 0 Å². The van der Waals surface area contributed by atoms with E-state index >= 15 is 0 Å². The van der Waals surface area contributed by atoms with Gasteiger partial charge in [0.2, 0.25) is 0 Å². The van der Waals surface area contributed by atoms with Crippen molar-refractivity contribution in [1.82, 2.24) is 14.5 Å². The Morgan fingerprint density at radius 1 is 1.44 bits per heavy atom. The maximum absolute atomic E-state index is 6.07. The first-order valence-electron chi connectivity index (χ1n) is 5.82. The van der Waals surface area contributed by atoms with Crippen molar-refractivity contribution in [3.8, 4) is 0 Å². The summed E-state index contributed by atoms with van der Waals surface area (Å²) < 4.78 is 8.71. The number of rotatable bonds is 5. The molecule has 0 aliphatic rings. The minimum atomic E-state index is -0.531. The van der Waals surface area contributed by atoms with Gasteiger partial charge in [-0.15, -0.1) is 0 Å². The van der Waals surface area contributed by atoms with Crippen molar-refractivity contribution in [3.05, 3.63) is 21.2 Å². The van der Waals surface area contributed by atoms with E-state index in [4.69, 9.17) is 16.3 Å². The van der Waals surface area contributed by atoms with Gasteiger partial charge in [-0.05, 0) is 28.6 Å². The molecular weight excluding hydrogens is 381 g/mol. The molecular formula is C11H15ClIN3OSi. The molecule has 2 aromatic rings. The van der Waals surface area contributed by atoms with Crippen LogP contribution < -0.4 is 0 Å². The quantitative estimate of drug-likeness (QED) is 0.338. The second kappa shape index (κ2) is 6.31. The van der Waals surface area contributed by atoms with Gasteiger partial charge in [-0.3, -0.25) is 0 Å². The molecule has 0 bridgehead atoms. The monoisotopic (exact) mass is 395 g/mol. The van der Waals surface area contributed by atoms with Gasteiger partial charge in [0.15, 0.2) is 0 Å². The Hall–Kier alpha value is -0.183. The first-order chi connectivity index (χ1) is 8.59. The maximum Gasteiger partial charge on any atom is 0.147 e. The topological polar surface area (TPSA) is 39.9 Å². The van der Waals surface area contributed by atoms with Crippen molar-refractivity contribution >= 4 is 54.0 Å². The van der Waals surface area contributed by atoms with Gasteiger partial charge in [0.05, 0.1) is 5.39 Å². The predicted octanol–water partition coefficient (Wildman–Crippen LogP) is 3.15. The highest BCUT2D eigenvalue weighted by atomic mass is 127. The lowest BCUT2D eigenvalue weighted by Gasteiger charge is -2.07. The molecule has 0 saturated carbocycles. The molecule has 0 N–H and O–H groups in total. The molecule has 0 spiro atoms. The second-order valence-electron chi connectivity index (χ2n) is 4.53. The summed E-state index contributed by atoms with van der Waals surface area (Å²) in [5.41, 5.74) is 0.834. The summed E-state index contributed by atoms with van der Waals surface area (Å²) in [5.74, 6) is 0. The van der Waals surface area contributed by atoms with Crippen molar-refractivity contribution < 1.29 is 4.74 Å². The largest absolute Gasteiger partial charge is 0.361 e. The van der Waals surface area contributed by atoms with Gasteiger partial charge in [-0.2, -0.15) is 0 Å². The smallest absolute Gasteiger partial charge is 0.147 e. The lowest BCUT2D eigenvalue weighted by atomic mass is 10.4. The summed E-state index contributed by atoms with van der Waals surface area (Å²) in [6.45, 7) is 5.99. The minimum Gasteiger partial charge on any atom is -0.361 e. The highest BCUT2D eigenvalue weighted by molar-refractivity contribution is 14.1. The number of hydrogen-bond acceptors (Lipinski definition) is 3. The molecule has 0 saturated heterocycles. The molecule has 0 atom stereocenters. The molecule has 0 aliphatic carbocycles. The van der Waals surface area contributed by atoms with E-state index in [-0.39, 0.29) is 0 Å². The van der Waals surface area contributed by atoms with Crippen molar-refractivity contribution in [2.45, 2.75) is 25.9 Å². The Kier molecular flexibility index (Phi) is 4.99. The van der Waals surface area contributed by atoms with E-state index in [0.29, 0.717) is 11.9 Å². The average molecular weight is 396 g/mol. The Morgan fingerprint density at radius 3 is 2.94 bits per heavy atom. The number of ether oxygens (including phenoxy) is 1. The van der Waals surface area contributed by atoms with Crippen LogP contribution in [0.25, 0.3) is 11.0 Å². The van der Waals surface area contributed by atoms with Gasteiger partial charge in [0, 0.05) is 25.2 Å². The molecule has 0 fully saturated rings. The van der Waals surface area contributed by atoms with Crippen LogP contribution in [0, 0.1) is 3.57 Å². The third-order valence-electron chi connectivity index (χ3n) is 2.63. The number of nitrogens with zero attached hydrogens (tertiary/aromatic N) is 3. The fraction of sp³-hybridized carbons (Fsp3) is 0.455. The van der Waals surface area contributed by atoms with Gasteiger partial charge in [0.1, 0.15) is 23.9 Å². The van der Waals surface area contributed by atoms with E-state index in [1.807, 2.05) is 10.8 Å². The van der Waals surface area contributed by atoms with E-state index in [1.165, 1.54) is 12.4 Å². The molecule has 2 aromatic heterocycles. The van der Waals surface area contributed by atoms with Gasteiger partial charge in [-0.25, -0.2) is 9.97 Å². The molecule has 4 nitrogen and oxygen atoms in total. The summed E-state index contributed by atoms with van der Waals surface area (Å²) in [6, 6.07) is 1.20. The summed E-state index contributed by atoms with van der Waals surface area (Å²) >= 11 is 8.32. The summed E-state index contributed by atoms with van der Waals surface area (Å²) in [5, 5.41) is 1.40. The van der Waals surface area contributed by atoms with Crippen molar-refractivity contribution in [2.24, 2.45) is 0 Å². The zero-order valence-corrected chi connectivity index (χ0v) is 14.4. The van der Waals surface area contributed by atoms with Gasteiger partial charge in [-0.1, -0.05) is 24.7 Å². The Labute approximate surface area is 126 Å². The molecule has 0 aliphatic heterocycles. The number of fused-ring (bicyclic) bond motifs is 1. The Bertz CT molecular complexity index is 546. The molecule has 98 valence electrons. The second-order valence-corrected chi connectivity index (χ2v) is 9.42. The number of hydrogen-bond donors (Lipinski definition) is 0. The zero-order chi connectivity index (χ0) is 13.1. The third-order valence-corrected chi connectivity index (χ3v) is 5.13. The van der Waals surface area contributed by atoms with E-state index in [9.17, 15) is 0 Å². The molecule has 2 rings (SSSR count). The van der Waals surface area contributed by atoms with E-state index in [0.717, 1.165) is 21.2 Å². The van der Waals surface area contributed by atoms with Crippen LogP contribution in [0.15, 0.2) is 12.5 Å². The SMILES string of the molecule is C[SiH](C)CCOCn1cc(I)c2c(Cl)ncnc21. The minimum absolute atomic E-state index is 0.498. The highest BCUT2D eigenvalue weighted by Crippen LogP contribution is 2.26. The van der Waals surface area contributed by atoms with Crippen molar-refractivity contribution in [1.29, 1.82) is 0 Å². The molecule has 7 heteroatoms. The fourth-order valence-corrected chi connectivity index (χ4v) is 3.48. The van der Waals surface area contributed by atoms with Crippen LogP contribution >= 0.6 is 34.2 Å². The lowest BCUT2D eigenvalue weighted by Crippen LogP contribution is -2.08. The summed E-state index contributed by atoms with van der Waals surface area (Å²) in [6.07, 6.45) is 3.48. The fourth-order valence-electron chi connectivity index (χ4n) is 1.62. The molecule has 0 aromatic carbocycles. The molecule has 0 radical (unpaired) electrons. The number of halogens is 2. The van der Waals surface area contributed by atoms with Crippen LogP contribution in [0.5, 0.6) is 0 Å². The van der Waals surface area contributed by atoms with Crippen LogP contribution in [-0.2, 0) is 11.5 Å². The third kappa shape index (κ3) is 3.22. The van der Waals surface area contributed by atoms with Crippen LogP contribution in [0.3, 0.4) is 0 Å². The van der Waals surface area contributed by atoms with Crippen molar-refractivity contribution in [3.63, 3.8) is 0 Å². The molecule has 18 heavy (non-hydrogen) atoms. The maximum atomic E-state index is 6.07. The average Bonchev–Trinajstić information content (AvgIpc) is 2.63. The predicted molar refractivity (Wildman–Crippen MR) is 84.9 cm³/mol. The Morgan fingerprint density at radius 2 is 2.22 bits per heavy atom. The van der Waals surface area contributed by atoms with Gasteiger partial charge >= 0.3 is 0 Å². The van der Waals surface area contributed by atoms with Crippen LogP contribution in [-0.4, -0.2) is 29.9 Å². The summed E-state index contributed by atoms with van der Waals surface area (Å²) in [4.78, 5) is 8.27. The van der Waals surface area contributed by atoms with Crippen molar-refractivity contribution in [2.75, 3.05) is 6.61 Å². The normalized spacial score (nSPS) is 11.6. The zero-order valence-electron chi connectivity index (χ0n) is 10.4. The van der Waals surface area contributed by atoms with E-state index in [2.05, 4.69) is 45.7 Å². The lowest BCUT2D eigenvalue weighted by molar-refractivity contribution is 0.0901. The highest BCUT2D eigenvalue weighted by Gasteiger charge is 2.11. The molecule has 0 amide bonds. The van der Waals surface area contributed by atoms with Gasteiger partial charge < -0.3 is 9.30 Å².